The predicted octanol–water partition coefficient (Wildman–Crippen LogP) is 3.56. The summed E-state index contributed by atoms with van der Waals surface area (Å²) >= 11 is 0. The average molecular weight is 348 g/mol. The van der Waals surface area contributed by atoms with Crippen LogP contribution in [0.25, 0.3) is 6.08 Å². The fourth-order valence-electron chi connectivity index (χ4n) is 1.11. The van der Waals surface area contributed by atoms with Crippen molar-refractivity contribution in [2.75, 3.05) is 6.61 Å². The van der Waals surface area contributed by atoms with Crippen molar-refractivity contribution in [2.24, 2.45) is 0 Å². The molecule has 0 aliphatic carbocycles. The van der Waals surface area contributed by atoms with Crippen LogP contribution in [-0.2, 0) is 19.1 Å². The van der Waals surface area contributed by atoms with Crippen molar-refractivity contribution < 1.29 is 29.3 Å². The van der Waals surface area contributed by atoms with Crippen LogP contribution < -0.4 is 0 Å². The maximum atomic E-state index is 10.3. The quantitative estimate of drug-likeness (QED) is 0.444. The summed E-state index contributed by atoms with van der Waals surface area (Å²) in [7, 11) is 0. The first-order valence-electron chi connectivity index (χ1n) is 7.47. The first-order valence-corrected chi connectivity index (χ1v) is 7.47. The molecule has 1 aromatic carbocycles. The number of unbranched alkanes of at least 4 members (excludes halogenated alkanes) is 1. The van der Waals surface area contributed by atoms with E-state index in [0.717, 1.165) is 12.8 Å². The molecule has 0 aromatic heterocycles. The third-order valence-corrected chi connectivity index (χ3v) is 2.31. The Balaban J connectivity index is 0. The van der Waals surface area contributed by atoms with Crippen LogP contribution in [0, 0.1) is 0 Å². The number of rotatable bonds is 7. The summed E-state index contributed by atoms with van der Waals surface area (Å²) in [6.45, 7) is 9.45. The van der Waals surface area contributed by atoms with Gasteiger partial charge in [-0.05, 0) is 12.0 Å². The Morgan fingerprint density at radius 2 is 1.56 bits per heavy atom. The Morgan fingerprint density at radius 1 is 1.04 bits per heavy atom. The summed E-state index contributed by atoms with van der Waals surface area (Å²) in [5, 5.41) is 15.6. The second-order valence-corrected chi connectivity index (χ2v) is 4.35. The molecule has 0 spiro atoms. The van der Waals surface area contributed by atoms with Crippen molar-refractivity contribution in [3.8, 4) is 0 Å². The molecule has 0 amide bonds. The van der Waals surface area contributed by atoms with Gasteiger partial charge in [0, 0.05) is 18.2 Å². The van der Waals surface area contributed by atoms with E-state index in [2.05, 4.69) is 17.9 Å². The van der Waals surface area contributed by atoms with Gasteiger partial charge in [0.05, 0.1) is 6.61 Å². The zero-order valence-electron chi connectivity index (χ0n) is 14.3. The molecule has 0 heterocycles. The van der Waals surface area contributed by atoms with Gasteiger partial charge in [-0.2, -0.15) is 0 Å². The number of esters is 1. The number of carbonyl (C=O) groups excluding carboxylic acids is 1. The van der Waals surface area contributed by atoms with Crippen LogP contribution in [0.15, 0.2) is 61.7 Å². The SMILES string of the molecule is C=CC(=O)OCCCC.C=Cc1ccccc1.O=C(O)C=CC(=O)O. The highest BCUT2D eigenvalue weighted by Crippen LogP contribution is 1.97. The zero-order valence-corrected chi connectivity index (χ0v) is 14.3. The van der Waals surface area contributed by atoms with Crippen LogP contribution in [-0.4, -0.2) is 34.7 Å². The maximum Gasteiger partial charge on any atom is 0.330 e. The number of carboxylic acids is 2. The molecule has 25 heavy (non-hydrogen) atoms. The lowest BCUT2D eigenvalue weighted by Crippen LogP contribution is -2.00. The summed E-state index contributed by atoms with van der Waals surface area (Å²) in [5.74, 6) is -2.84. The minimum absolute atomic E-state index is 0.330. The molecule has 136 valence electrons. The highest BCUT2D eigenvalue weighted by molar-refractivity contribution is 5.89. The Hall–Kier alpha value is -3.15. The predicted molar refractivity (Wildman–Crippen MR) is 97.0 cm³/mol. The molecule has 2 N–H and O–H groups in total. The van der Waals surface area contributed by atoms with Crippen molar-refractivity contribution in [1.29, 1.82) is 0 Å². The largest absolute Gasteiger partial charge is 0.478 e. The average Bonchev–Trinajstić information content (AvgIpc) is 2.61. The van der Waals surface area contributed by atoms with Crippen LogP contribution in [0.4, 0.5) is 0 Å². The van der Waals surface area contributed by atoms with Gasteiger partial charge in [0.25, 0.3) is 0 Å². The molecule has 0 fully saturated rings. The number of hydrogen-bond donors (Lipinski definition) is 2. The van der Waals surface area contributed by atoms with Crippen LogP contribution >= 0.6 is 0 Å². The van der Waals surface area contributed by atoms with Gasteiger partial charge >= 0.3 is 17.9 Å². The van der Waals surface area contributed by atoms with E-state index in [1.54, 1.807) is 0 Å². The minimum Gasteiger partial charge on any atom is -0.478 e. The number of hydrogen-bond acceptors (Lipinski definition) is 4. The van der Waals surface area contributed by atoms with Crippen LogP contribution in [0.2, 0.25) is 0 Å². The highest BCUT2D eigenvalue weighted by atomic mass is 16.5. The molecule has 0 bridgehead atoms. The van der Waals surface area contributed by atoms with Crippen LogP contribution in [0.1, 0.15) is 25.3 Å². The van der Waals surface area contributed by atoms with E-state index in [1.807, 2.05) is 43.3 Å². The van der Waals surface area contributed by atoms with Gasteiger partial charge in [-0.3, -0.25) is 0 Å². The second kappa shape index (κ2) is 17.2. The Bertz CT molecular complexity index is 545. The molecule has 1 aromatic rings. The summed E-state index contributed by atoms with van der Waals surface area (Å²) in [6, 6.07) is 10.0. The fourth-order valence-corrected chi connectivity index (χ4v) is 1.11. The van der Waals surface area contributed by atoms with Gasteiger partial charge in [-0.15, -0.1) is 0 Å². The van der Waals surface area contributed by atoms with Crippen molar-refractivity contribution in [1.82, 2.24) is 0 Å². The normalized spacial score (nSPS) is 8.84. The Morgan fingerprint density at radius 3 is 1.88 bits per heavy atom. The van der Waals surface area contributed by atoms with E-state index < -0.39 is 11.9 Å². The third-order valence-electron chi connectivity index (χ3n) is 2.31. The van der Waals surface area contributed by atoms with Crippen molar-refractivity contribution in [3.05, 3.63) is 67.3 Å². The topological polar surface area (TPSA) is 101 Å². The van der Waals surface area contributed by atoms with Gasteiger partial charge in [-0.1, -0.05) is 62.9 Å². The van der Waals surface area contributed by atoms with Crippen LogP contribution in [0.3, 0.4) is 0 Å². The molecule has 0 aliphatic heterocycles. The lowest BCUT2D eigenvalue weighted by molar-refractivity contribution is -0.138. The third kappa shape index (κ3) is 20.9. The fraction of sp³-hybridized carbons (Fsp3) is 0.211. The van der Waals surface area contributed by atoms with Gasteiger partial charge in [-0.25, -0.2) is 14.4 Å². The maximum absolute atomic E-state index is 10.3. The highest BCUT2D eigenvalue weighted by Gasteiger charge is 1.91. The molecular formula is C19H24O6. The molecule has 1 rings (SSSR count). The summed E-state index contributed by atoms with van der Waals surface area (Å²) in [4.78, 5) is 29.5. The summed E-state index contributed by atoms with van der Waals surface area (Å²) in [6.07, 6.45) is 6.10. The van der Waals surface area contributed by atoms with E-state index in [0.29, 0.717) is 18.8 Å². The first-order chi connectivity index (χ1) is 11.9. The number of aliphatic carboxylic acids is 2. The zero-order chi connectivity index (χ0) is 19.5. The standard InChI is InChI=1S/C8H8.C7H12O2.C4H4O4/c1-2-8-6-4-3-5-7-8;1-3-5-6-9-7(8)4-2;5-3(6)1-2-4(7)8/h2-7H,1H2;4H,2-3,5-6H2,1H3;1-2H,(H,5,6)(H,7,8). The van der Waals surface area contributed by atoms with E-state index in [9.17, 15) is 14.4 Å². The molecule has 0 saturated heterocycles. The Labute approximate surface area is 147 Å². The molecule has 6 nitrogen and oxygen atoms in total. The van der Waals surface area contributed by atoms with E-state index in [-0.39, 0.29) is 5.97 Å². The Kier molecular flexibility index (Phi) is 16.6. The molecular weight excluding hydrogens is 324 g/mol. The monoisotopic (exact) mass is 348 g/mol. The van der Waals surface area contributed by atoms with Gasteiger partial charge in [0.2, 0.25) is 0 Å². The summed E-state index contributed by atoms with van der Waals surface area (Å²) < 4.78 is 4.67. The van der Waals surface area contributed by atoms with E-state index >= 15 is 0 Å². The number of benzene rings is 1. The van der Waals surface area contributed by atoms with Gasteiger partial charge in [0.15, 0.2) is 0 Å². The van der Waals surface area contributed by atoms with E-state index in [1.165, 1.54) is 11.6 Å². The van der Waals surface area contributed by atoms with Gasteiger partial charge in [0.1, 0.15) is 0 Å². The number of carboxylic acid groups (broad SMARTS) is 2. The van der Waals surface area contributed by atoms with Crippen molar-refractivity contribution in [3.63, 3.8) is 0 Å². The molecule has 0 radical (unpaired) electrons. The molecule has 0 atom stereocenters. The van der Waals surface area contributed by atoms with Crippen molar-refractivity contribution in [2.45, 2.75) is 19.8 Å². The summed E-state index contributed by atoms with van der Waals surface area (Å²) in [5.41, 5.74) is 1.17. The minimum atomic E-state index is -1.26. The van der Waals surface area contributed by atoms with Gasteiger partial charge < -0.3 is 14.9 Å². The number of ether oxygens (including phenoxy) is 1. The molecule has 0 saturated carbocycles. The van der Waals surface area contributed by atoms with Crippen molar-refractivity contribution >= 4 is 24.0 Å². The first kappa shape index (κ1) is 24.1. The van der Waals surface area contributed by atoms with Crippen LogP contribution in [0.5, 0.6) is 0 Å². The van der Waals surface area contributed by atoms with E-state index in [4.69, 9.17) is 10.2 Å². The second-order valence-electron chi connectivity index (χ2n) is 4.35. The molecule has 0 aliphatic rings. The lowest BCUT2D eigenvalue weighted by atomic mass is 10.2. The molecule has 0 unspecified atom stereocenters. The smallest absolute Gasteiger partial charge is 0.330 e. The molecule has 6 heteroatoms. The lowest BCUT2D eigenvalue weighted by Gasteiger charge is -1.97. The number of carbonyl (C=O) groups is 3.